The molecule has 2 aromatic rings. The van der Waals surface area contributed by atoms with Crippen molar-refractivity contribution in [1.82, 2.24) is 4.98 Å². The fourth-order valence-electron chi connectivity index (χ4n) is 1.64. The molecule has 0 saturated heterocycles. The topological polar surface area (TPSA) is 114 Å². The number of ether oxygens (including phenoxy) is 1. The molecule has 20 heavy (non-hydrogen) atoms. The molecule has 0 atom stereocenters. The minimum atomic E-state index is -3.87. The van der Waals surface area contributed by atoms with Crippen LogP contribution in [-0.2, 0) is 10.0 Å². The van der Waals surface area contributed by atoms with E-state index in [0.29, 0.717) is 22.8 Å². The van der Waals surface area contributed by atoms with Gasteiger partial charge in [0.15, 0.2) is 4.21 Å². The Morgan fingerprint density at radius 3 is 2.65 bits per heavy atom. The zero-order valence-electron chi connectivity index (χ0n) is 10.8. The summed E-state index contributed by atoms with van der Waals surface area (Å²) in [6, 6.07) is 4.59. The van der Waals surface area contributed by atoms with Gasteiger partial charge in [0.1, 0.15) is 5.75 Å². The summed E-state index contributed by atoms with van der Waals surface area (Å²) in [6.45, 7) is 1.52. The van der Waals surface area contributed by atoms with Crippen molar-refractivity contribution in [1.29, 1.82) is 0 Å². The molecule has 0 bridgehead atoms. The van der Waals surface area contributed by atoms with E-state index in [1.54, 1.807) is 12.1 Å². The zero-order chi connectivity index (χ0) is 14.9. The van der Waals surface area contributed by atoms with Gasteiger partial charge in [-0.25, -0.2) is 8.42 Å². The zero-order valence-corrected chi connectivity index (χ0v) is 12.4. The highest BCUT2D eigenvalue weighted by molar-refractivity contribution is 7.94. The van der Waals surface area contributed by atoms with Crippen molar-refractivity contribution >= 4 is 32.7 Å². The van der Waals surface area contributed by atoms with Gasteiger partial charge in [-0.3, -0.25) is 9.52 Å². The van der Waals surface area contributed by atoms with E-state index in [4.69, 9.17) is 10.5 Å². The summed E-state index contributed by atoms with van der Waals surface area (Å²) in [6.07, 6.45) is 0. The first-order valence-electron chi connectivity index (χ1n) is 5.49. The largest absolute Gasteiger partial charge is 0.495 e. The van der Waals surface area contributed by atoms with Crippen LogP contribution in [-0.4, -0.2) is 20.5 Å². The lowest BCUT2D eigenvalue weighted by molar-refractivity contribution is 0.417. The van der Waals surface area contributed by atoms with Crippen LogP contribution in [0.5, 0.6) is 5.75 Å². The Morgan fingerprint density at radius 2 is 2.10 bits per heavy atom. The first-order valence-corrected chi connectivity index (χ1v) is 7.79. The fraction of sp³-hybridized carbons (Fsp3) is 0.182. The number of anilines is 2. The van der Waals surface area contributed by atoms with E-state index in [2.05, 4.69) is 9.71 Å². The van der Waals surface area contributed by atoms with E-state index in [0.717, 1.165) is 0 Å². The maximum Gasteiger partial charge on any atom is 0.306 e. The summed E-state index contributed by atoms with van der Waals surface area (Å²) in [7, 11) is -2.45. The van der Waals surface area contributed by atoms with Gasteiger partial charge in [-0.15, -0.1) is 0 Å². The molecule has 9 heteroatoms. The predicted molar refractivity (Wildman–Crippen MR) is 77.9 cm³/mol. The highest BCUT2D eigenvalue weighted by Gasteiger charge is 2.22. The van der Waals surface area contributed by atoms with Gasteiger partial charge in [0.25, 0.3) is 10.0 Å². The fourth-order valence-corrected chi connectivity index (χ4v) is 4.01. The number of hydrogen-bond donors (Lipinski definition) is 3. The Kier molecular flexibility index (Phi) is 3.73. The number of H-pyrrole nitrogens is 1. The third-order valence-corrected chi connectivity index (χ3v) is 5.46. The second-order valence-corrected chi connectivity index (χ2v) is 6.85. The molecular weight excluding hydrogens is 302 g/mol. The van der Waals surface area contributed by atoms with Gasteiger partial charge in [0.05, 0.1) is 12.8 Å². The first-order chi connectivity index (χ1) is 9.33. The molecule has 0 fully saturated rings. The molecule has 2 rings (SSSR count). The molecule has 0 spiro atoms. The number of benzene rings is 1. The van der Waals surface area contributed by atoms with Crippen LogP contribution in [0, 0.1) is 6.92 Å². The van der Waals surface area contributed by atoms with Gasteiger partial charge < -0.3 is 15.5 Å². The van der Waals surface area contributed by atoms with Crippen molar-refractivity contribution in [2.45, 2.75) is 11.1 Å². The molecule has 1 heterocycles. The van der Waals surface area contributed by atoms with E-state index in [-0.39, 0.29) is 15.6 Å². The molecule has 1 aromatic carbocycles. The number of aromatic nitrogens is 1. The second kappa shape index (κ2) is 5.17. The summed E-state index contributed by atoms with van der Waals surface area (Å²) < 4.78 is 31.9. The normalized spacial score (nSPS) is 11.3. The average Bonchev–Trinajstić information content (AvgIpc) is 2.69. The summed E-state index contributed by atoms with van der Waals surface area (Å²) in [5, 5.41) is 0. The average molecular weight is 315 g/mol. The molecule has 0 aliphatic rings. The number of hydrogen-bond acceptors (Lipinski definition) is 6. The molecule has 0 radical (unpaired) electrons. The highest BCUT2D eigenvalue weighted by Crippen LogP contribution is 2.29. The molecule has 7 nitrogen and oxygen atoms in total. The molecule has 1 aromatic heterocycles. The van der Waals surface area contributed by atoms with Crippen LogP contribution in [0.4, 0.5) is 11.4 Å². The van der Waals surface area contributed by atoms with E-state index in [1.165, 1.54) is 20.1 Å². The quantitative estimate of drug-likeness (QED) is 0.732. The molecule has 0 aliphatic carbocycles. The van der Waals surface area contributed by atoms with E-state index >= 15 is 0 Å². The van der Waals surface area contributed by atoms with Gasteiger partial charge in [0, 0.05) is 11.4 Å². The molecule has 0 unspecified atom stereocenters. The van der Waals surface area contributed by atoms with Crippen molar-refractivity contribution in [2.75, 3.05) is 17.6 Å². The summed E-state index contributed by atoms with van der Waals surface area (Å²) >= 11 is 0.625. The Balaban J connectivity index is 2.46. The van der Waals surface area contributed by atoms with Crippen LogP contribution in [0.2, 0.25) is 0 Å². The number of nitrogens with two attached hydrogens (primary N) is 1. The van der Waals surface area contributed by atoms with Crippen LogP contribution < -0.4 is 20.1 Å². The van der Waals surface area contributed by atoms with E-state index in [9.17, 15) is 13.2 Å². The number of nitrogens with one attached hydrogen (secondary N) is 2. The van der Waals surface area contributed by atoms with Gasteiger partial charge in [-0.2, -0.15) is 0 Å². The number of nitrogen functional groups attached to an aromatic ring is 1. The SMILES string of the molecule is COc1ccc(N)cc1NS(=O)(=O)c1sc(=O)[nH]c1C. The van der Waals surface area contributed by atoms with Crippen LogP contribution in [0.15, 0.2) is 27.2 Å². The van der Waals surface area contributed by atoms with Crippen molar-refractivity contribution in [3.05, 3.63) is 33.6 Å². The predicted octanol–water partition coefficient (Wildman–Crippen LogP) is 1.14. The van der Waals surface area contributed by atoms with Crippen molar-refractivity contribution < 1.29 is 13.2 Å². The molecule has 0 aliphatic heterocycles. The Bertz CT molecular complexity index is 792. The standard InChI is InChI=1S/C11H13N3O4S2/c1-6-10(19-11(15)13-6)20(16,17)14-8-5-7(12)3-4-9(8)18-2/h3-5,14H,12H2,1-2H3,(H,13,15). The summed E-state index contributed by atoms with van der Waals surface area (Å²) in [5.74, 6) is 0.336. The number of aromatic amines is 1. The molecular formula is C11H13N3O4S2. The molecule has 0 saturated carbocycles. The van der Waals surface area contributed by atoms with Crippen molar-refractivity contribution in [3.63, 3.8) is 0 Å². The minimum absolute atomic E-state index is 0.0630. The Hall–Kier alpha value is -2.00. The van der Waals surface area contributed by atoms with Gasteiger partial charge >= 0.3 is 4.87 Å². The molecule has 108 valence electrons. The Labute approximate surface area is 119 Å². The minimum Gasteiger partial charge on any atom is -0.495 e. The number of methoxy groups -OCH3 is 1. The van der Waals surface area contributed by atoms with Crippen molar-refractivity contribution in [3.8, 4) is 5.75 Å². The lowest BCUT2D eigenvalue weighted by atomic mass is 10.2. The third-order valence-electron chi connectivity index (χ3n) is 2.49. The van der Waals surface area contributed by atoms with E-state index in [1.807, 2.05) is 0 Å². The van der Waals surface area contributed by atoms with Crippen LogP contribution in [0.1, 0.15) is 5.69 Å². The second-order valence-electron chi connectivity index (χ2n) is 3.99. The molecule has 4 N–H and O–H groups in total. The summed E-state index contributed by atoms with van der Waals surface area (Å²) in [4.78, 5) is 13.2. The van der Waals surface area contributed by atoms with Crippen LogP contribution in [0.25, 0.3) is 0 Å². The van der Waals surface area contributed by atoms with Crippen LogP contribution >= 0.6 is 11.3 Å². The lowest BCUT2D eigenvalue weighted by Gasteiger charge is -2.11. The van der Waals surface area contributed by atoms with Gasteiger partial charge in [0.2, 0.25) is 0 Å². The maximum absolute atomic E-state index is 12.3. The van der Waals surface area contributed by atoms with Crippen molar-refractivity contribution in [2.24, 2.45) is 0 Å². The van der Waals surface area contributed by atoms with Gasteiger partial charge in [-0.1, -0.05) is 11.3 Å². The number of sulfonamides is 1. The monoisotopic (exact) mass is 315 g/mol. The maximum atomic E-state index is 12.3. The Morgan fingerprint density at radius 1 is 1.40 bits per heavy atom. The van der Waals surface area contributed by atoms with E-state index < -0.39 is 14.9 Å². The molecule has 0 amide bonds. The third kappa shape index (κ3) is 2.78. The number of thiazole rings is 1. The first kappa shape index (κ1) is 14.4. The summed E-state index contributed by atoms with van der Waals surface area (Å²) in [5.41, 5.74) is 6.52. The number of rotatable bonds is 4. The number of aryl methyl sites for hydroxylation is 1. The van der Waals surface area contributed by atoms with Gasteiger partial charge in [-0.05, 0) is 25.1 Å². The van der Waals surface area contributed by atoms with Crippen LogP contribution in [0.3, 0.4) is 0 Å². The highest BCUT2D eigenvalue weighted by atomic mass is 32.2. The smallest absolute Gasteiger partial charge is 0.306 e. The lowest BCUT2D eigenvalue weighted by Crippen LogP contribution is -2.13.